The fourth-order valence-corrected chi connectivity index (χ4v) is 4.01. The second-order valence-electron chi connectivity index (χ2n) is 7.64. The number of nitriles is 1. The van der Waals surface area contributed by atoms with E-state index in [2.05, 4.69) is 27.0 Å². The van der Waals surface area contributed by atoms with Gasteiger partial charge in [-0.1, -0.05) is 0 Å². The molecular formula is C18H25F2N5O2. The molecule has 0 radical (unpaired) electrons. The van der Waals surface area contributed by atoms with Gasteiger partial charge in [-0.2, -0.15) is 5.26 Å². The molecule has 1 aliphatic carbocycles. The van der Waals surface area contributed by atoms with Gasteiger partial charge in [-0.15, -0.1) is 0 Å². The minimum atomic E-state index is -1.76. The topological polar surface area (TPSA) is 106 Å². The van der Waals surface area contributed by atoms with E-state index in [1.165, 1.54) is 0 Å². The molecule has 1 saturated carbocycles. The molecule has 0 spiro atoms. The second-order valence-corrected chi connectivity index (χ2v) is 7.64. The lowest BCUT2D eigenvalue weighted by molar-refractivity contribution is -0.122. The van der Waals surface area contributed by atoms with Gasteiger partial charge in [0.1, 0.15) is 17.9 Å². The van der Waals surface area contributed by atoms with Gasteiger partial charge in [-0.05, 0) is 32.6 Å². The summed E-state index contributed by atoms with van der Waals surface area (Å²) in [7, 11) is 0. The highest BCUT2D eigenvalue weighted by Gasteiger charge is 2.44. The number of piperidine rings is 1. The van der Waals surface area contributed by atoms with E-state index in [0.29, 0.717) is 13.0 Å². The molecule has 2 amide bonds. The number of carbonyl (C=O) groups is 2. The van der Waals surface area contributed by atoms with Crippen LogP contribution >= 0.6 is 0 Å². The lowest BCUT2D eigenvalue weighted by Crippen LogP contribution is -2.58. The first-order chi connectivity index (χ1) is 12.9. The maximum absolute atomic E-state index is 14.1. The molecule has 7 nitrogen and oxygen atoms in total. The number of carbonyl (C=O) groups excluding carboxylic acids is 2. The molecule has 148 valence electrons. The molecule has 2 heterocycles. The van der Waals surface area contributed by atoms with E-state index in [-0.39, 0.29) is 42.5 Å². The van der Waals surface area contributed by atoms with Crippen LogP contribution in [0.25, 0.3) is 0 Å². The Morgan fingerprint density at radius 2 is 2.15 bits per heavy atom. The van der Waals surface area contributed by atoms with Gasteiger partial charge in [-0.3, -0.25) is 14.6 Å². The zero-order valence-electron chi connectivity index (χ0n) is 15.3. The molecular weight excluding hydrogens is 356 g/mol. The van der Waals surface area contributed by atoms with Crippen molar-refractivity contribution in [3.8, 4) is 6.07 Å². The molecule has 0 aromatic carbocycles. The largest absolute Gasteiger partial charge is 0.352 e. The van der Waals surface area contributed by atoms with Crippen LogP contribution in [0.1, 0.15) is 39.0 Å². The van der Waals surface area contributed by atoms with E-state index >= 15 is 0 Å². The van der Waals surface area contributed by atoms with Gasteiger partial charge >= 0.3 is 0 Å². The number of halogens is 2. The van der Waals surface area contributed by atoms with Gasteiger partial charge in [0.2, 0.25) is 5.91 Å². The third-order valence-electron chi connectivity index (χ3n) is 5.68. The predicted octanol–water partition coefficient (Wildman–Crippen LogP) is 0.551. The summed E-state index contributed by atoms with van der Waals surface area (Å²) in [4.78, 5) is 28.5. The van der Waals surface area contributed by atoms with Crippen molar-refractivity contribution < 1.29 is 18.4 Å². The van der Waals surface area contributed by atoms with E-state index in [0.717, 1.165) is 12.8 Å². The Kier molecular flexibility index (Phi) is 6.05. The van der Waals surface area contributed by atoms with Crippen molar-refractivity contribution >= 4 is 17.5 Å². The fraction of sp³-hybridized carbons (Fsp3) is 0.778. The Labute approximate surface area is 157 Å². The molecule has 2 fully saturated rings. The molecule has 27 heavy (non-hydrogen) atoms. The van der Waals surface area contributed by atoms with E-state index in [9.17, 15) is 18.4 Å². The highest BCUT2D eigenvalue weighted by atomic mass is 19.2. The van der Waals surface area contributed by atoms with Crippen molar-refractivity contribution in [3.63, 3.8) is 0 Å². The summed E-state index contributed by atoms with van der Waals surface area (Å²) in [6.07, 6.45) is -1.67. The number of nitrogens with one attached hydrogen (secondary N) is 3. The second kappa shape index (κ2) is 8.30. The van der Waals surface area contributed by atoms with Crippen LogP contribution in [0.2, 0.25) is 0 Å². The van der Waals surface area contributed by atoms with Crippen LogP contribution in [0.15, 0.2) is 4.99 Å². The molecule has 7 atom stereocenters. The first kappa shape index (κ1) is 19.7. The molecule has 9 heteroatoms. The molecule has 0 aromatic rings. The van der Waals surface area contributed by atoms with E-state index in [1.54, 1.807) is 0 Å². The van der Waals surface area contributed by atoms with Crippen LogP contribution < -0.4 is 16.0 Å². The van der Waals surface area contributed by atoms with Crippen LogP contribution in [-0.2, 0) is 9.59 Å². The molecule has 7 unspecified atom stereocenters. The highest BCUT2D eigenvalue weighted by Crippen LogP contribution is 2.29. The fourth-order valence-electron chi connectivity index (χ4n) is 4.01. The van der Waals surface area contributed by atoms with E-state index < -0.39 is 30.3 Å². The summed E-state index contributed by atoms with van der Waals surface area (Å²) >= 11 is 0. The number of aliphatic imine (C=N–C) groups is 1. The molecule has 3 aliphatic rings. The minimum Gasteiger partial charge on any atom is -0.352 e. The Balaban J connectivity index is 1.56. The quantitative estimate of drug-likeness (QED) is 0.661. The van der Waals surface area contributed by atoms with Crippen LogP contribution in [0.4, 0.5) is 8.78 Å². The number of rotatable bonds is 4. The maximum atomic E-state index is 14.1. The summed E-state index contributed by atoms with van der Waals surface area (Å²) in [6.45, 7) is 2.44. The SMILES string of the molecule is CC(NC(=O)CC1=NC2C(CCC(F)C2F)NC1=O)C1CCC(C#N)CN1. The third-order valence-corrected chi connectivity index (χ3v) is 5.68. The normalized spacial score (nSPS) is 37.3. The lowest BCUT2D eigenvalue weighted by atomic mass is 9.86. The first-order valence-corrected chi connectivity index (χ1v) is 9.47. The van der Waals surface area contributed by atoms with Crippen molar-refractivity contribution in [3.05, 3.63) is 0 Å². The molecule has 2 aliphatic heterocycles. The van der Waals surface area contributed by atoms with Gasteiger partial charge in [0.25, 0.3) is 5.91 Å². The van der Waals surface area contributed by atoms with Gasteiger partial charge in [0.05, 0.1) is 24.4 Å². The Morgan fingerprint density at radius 1 is 1.37 bits per heavy atom. The number of nitrogens with zero attached hydrogens (tertiary/aromatic N) is 2. The summed E-state index contributed by atoms with van der Waals surface area (Å²) < 4.78 is 27.7. The molecule has 3 rings (SSSR count). The van der Waals surface area contributed by atoms with Crippen molar-refractivity contribution in [1.29, 1.82) is 5.26 Å². The zero-order chi connectivity index (χ0) is 19.6. The summed E-state index contributed by atoms with van der Waals surface area (Å²) in [6, 6.07) is 0.615. The van der Waals surface area contributed by atoms with Crippen molar-refractivity contribution in [1.82, 2.24) is 16.0 Å². The first-order valence-electron chi connectivity index (χ1n) is 9.47. The number of hydrogen-bond donors (Lipinski definition) is 3. The molecule has 1 saturated heterocycles. The number of fused-ring (bicyclic) bond motifs is 1. The Hall–Kier alpha value is -2.08. The molecule has 3 N–H and O–H groups in total. The van der Waals surface area contributed by atoms with Gasteiger partial charge in [0, 0.05) is 18.6 Å². The predicted molar refractivity (Wildman–Crippen MR) is 94.5 cm³/mol. The van der Waals surface area contributed by atoms with Crippen LogP contribution in [0.5, 0.6) is 0 Å². The molecule has 0 aromatic heterocycles. The van der Waals surface area contributed by atoms with Gasteiger partial charge < -0.3 is 16.0 Å². The van der Waals surface area contributed by atoms with E-state index in [4.69, 9.17) is 5.26 Å². The summed E-state index contributed by atoms with van der Waals surface area (Å²) in [5, 5.41) is 17.7. The van der Waals surface area contributed by atoms with Crippen molar-refractivity contribution in [2.75, 3.05) is 6.54 Å². The van der Waals surface area contributed by atoms with Crippen molar-refractivity contribution in [2.45, 2.75) is 75.5 Å². The third kappa shape index (κ3) is 4.43. The van der Waals surface area contributed by atoms with Crippen LogP contribution in [-0.4, -0.2) is 60.6 Å². The number of hydrogen-bond acceptors (Lipinski definition) is 5. The standard InChI is InChI=1S/C18H25F2N5O2/c1-9(12-4-2-10(7-21)8-22-12)23-15(26)6-14-18(27)25-13-5-3-11(19)16(20)17(13)24-14/h9-13,16-17,22H,2-6,8H2,1H3,(H,23,26)(H,25,27). The monoisotopic (exact) mass is 381 g/mol. The average Bonchev–Trinajstić information content (AvgIpc) is 2.66. The minimum absolute atomic E-state index is 0.0131. The molecule has 0 bridgehead atoms. The van der Waals surface area contributed by atoms with Gasteiger partial charge in [-0.25, -0.2) is 8.78 Å². The summed E-state index contributed by atoms with van der Waals surface area (Å²) in [5.74, 6) is -0.890. The Morgan fingerprint density at radius 3 is 2.81 bits per heavy atom. The van der Waals surface area contributed by atoms with Crippen molar-refractivity contribution in [2.24, 2.45) is 10.9 Å². The summed E-state index contributed by atoms with van der Waals surface area (Å²) in [5.41, 5.74) is -0.0566. The number of alkyl halides is 2. The smallest absolute Gasteiger partial charge is 0.266 e. The Bertz CT molecular complexity index is 657. The van der Waals surface area contributed by atoms with Crippen LogP contribution in [0, 0.1) is 17.2 Å². The van der Waals surface area contributed by atoms with Crippen LogP contribution in [0.3, 0.4) is 0 Å². The maximum Gasteiger partial charge on any atom is 0.266 e. The number of amides is 2. The lowest BCUT2D eigenvalue weighted by Gasteiger charge is -2.37. The highest BCUT2D eigenvalue weighted by molar-refractivity contribution is 6.42. The zero-order valence-corrected chi connectivity index (χ0v) is 15.3. The average molecular weight is 381 g/mol. The van der Waals surface area contributed by atoms with E-state index in [1.807, 2.05) is 6.92 Å². The van der Waals surface area contributed by atoms with Gasteiger partial charge in [0.15, 0.2) is 6.17 Å².